The van der Waals surface area contributed by atoms with E-state index in [0.29, 0.717) is 66.6 Å². The molecule has 10 saturated carbocycles. The predicted octanol–water partition coefficient (Wildman–Crippen LogP) is 44.7. The van der Waals surface area contributed by atoms with E-state index in [1.165, 1.54) is 59.8 Å². The molecule has 0 aromatic rings. The highest BCUT2D eigenvalue weighted by molar-refractivity contribution is 5.04. The van der Waals surface area contributed by atoms with E-state index in [1.54, 1.807) is 34.6 Å². The normalized spacial score (nSPS) is 27.0. The van der Waals surface area contributed by atoms with Crippen molar-refractivity contribution in [2.75, 3.05) is 0 Å². The van der Waals surface area contributed by atoms with Gasteiger partial charge in [0.15, 0.2) is 16.2 Å². The molecular formula is C108H189F33. The fraction of sp³-hybridized carbons (Fsp3) is 1.00. The van der Waals surface area contributed by atoms with Gasteiger partial charge in [0.2, 0.25) is 0 Å². The van der Waals surface area contributed by atoms with Gasteiger partial charge in [-0.05, 0) is 262 Å². The minimum atomic E-state index is -5.20. The van der Waals surface area contributed by atoms with Crippen molar-refractivity contribution in [2.45, 2.75) is 523 Å². The van der Waals surface area contributed by atoms with Crippen LogP contribution in [0.15, 0.2) is 0 Å². The Morgan fingerprint density at radius 1 is 0.277 bits per heavy atom. The fourth-order valence-electron chi connectivity index (χ4n) is 20.8. The van der Waals surface area contributed by atoms with Crippen molar-refractivity contribution in [3.63, 3.8) is 0 Å². The third kappa shape index (κ3) is 40.3. The van der Waals surface area contributed by atoms with E-state index in [0.717, 1.165) is 106 Å². The largest absolute Gasteiger partial charge is 0.403 e. The molecule has 0 saturated heterocycles. The Morgan fingerprint density at radius 3 is 0.872 bits per heavy atom. The van der Waals surface area contributed by atoms with E-state index in [9.17, 15) is 145 Å². The van der Waals surface area contributed by atoms with Gasteiger partial charge in [-0.2, -0.15) is 145 Å². The number of hydrogen-bond acceptors (Lipinski definition) is 0. The smallest absolute Gasteiger partial charge is 0.171 e. The minimum absolute atomic E-state index is 0. The first-order chi connectivity index (χ1) is 61.6. The monoisotopic (exact) mass is 2110 g/mol. The van der Waals surface area contributed by atoms with Crippen LogP contribution in [-0.2, 0) is 0 Å². The summed E-state index contributed by atoms with van der Waals surface area (Å²) in [5.41, 5.74) is -13.4. The van der Waals surface area contributed by atoms with Crippen LogP contribution in [0.4, 0.5) is 145 Å². The molecule has 852 valence electrons. The van der Waals surface area contributed by atoms with Crippen LogP contribution in [0.1, 0.15) is 455 Å². The quantitative estimate of drug-likeness (QED) is 0.246. The standard InChI is InChI=1S/C14H20F6.C11H21F3.C10H19F3.C10H18.C10H22.2C9H12F6.C9H15F3.C9H20.2C8H13F3.CH4/c1-10-2-4-11(5-3-10)6-8-12(9-7-11,13(15,16)17)14(18,19)20;1-8(2,3)9(4,5)10(6,7)11(12,13)14;1-7(8(2,3)4)9(5,6)10(11,12)13;1-8-7-9-3-5-10(8,2)6-4-9;1-8(2)10(6,7)9(3,4)5;1-6-2-4-7(5-3-6,8(10,11)12)9(13,14)15;1-6-4-2-3-5-7(6,8(10,11)12)9(13,14)15;1-6-4-3-5-8(7(6)2)9(10,11)12;1-7(2)8(3)9(4,5)6;1-6-2-4-7(5-3-6)8(9,10)11;1-6-3-2-4-7(5-6)8(9,10)11;/h10H,2-9H2,1H3;1-7H3;7H,1-6H3;8-9H,3-7H2,1-2H3;8H,1-7H3;2*6H,2-5H2,1H3;6-8H,3-5H2,1-2H3;7-8H,1-6H3;2*6-7H,2-5H2,1H3;1H4/t;;7-;8-,9?,10?;;;6-;6?,7-,8?;8-;;6-,7?;/m..10..111.1./s1. The van der Waals surface area contributed by atoms with E-state index in [4.69, 9.17) is 0 Å². The summed E-state index contributed by atoms with van der Waals surface area (Å²) in [5.74, 6) is 0.901. The van der Waals surface area contributed by atoms with Crippen LogP contribution in [0.2, 0.25) is 0 Å². The zero-order valence-corrected chi connectivity index (χ0v) is 91.3. The molecule has 10 aliphatic carbocycles. The number of halogens is 33. The summed E-state index contributed by atoms with van der Waals surface area (Å²) < 4.78 is 415. The molecule has 0 amide bonds. The van der Waals surface area contributed by atoms with Crippen LogP contribution in [0.5, 0.6) is 0 Å². The highest BCUT2D eigenvalue weighted by Gasteiger charge is 2.75. The molecule has 0 aromatic carbocycles. The van der Waals surface area contributed by atoms with E-state index < -0.39 is 162 Å². The molecule has 2 bridgehead atoms. The minimum Gasteiger partial charge on any atom is -0.171 e. The van der Waals surface area contributed by atoms with Crippen molar-refractivity contribution in [3.8, 4) is 0 Å². The lowest BCUT2D eigenvalue weighted by molar-refractivity contribution is -0.364. The summed E-state index contributed by atoms with van der Waals surface area (Å²) in [6.45, 7) is 68.5. The Kier molecular flexibility index (Phi) is 53.0. The maximum atomic E-state index is 13.0. The molecule has 10 fully saturated rings. The highest BCUT2D eigenvalue weighted by atomic mass is 19.5. The average molecular weight is 2110 g/mol. The molecule has 3 unspecified atom stereocenters. The van der Waals surface area contributed by atoms with Gasteiger partial charge in [0.1, 0.15) is 0 Å². The Bertz CT molecular complexity index is 3320. The summed E-state index contributed by atoms with van der Waals surface area (Å²) in [6.07, 6.45) is -37.4. The SMILES string of the molecule is C.CC(C)(C)C(C)(C)C(C)(C)C(F)(F)F.CC(C)C(C)(C)C(C)(C)C.CC(C)[C@@H](C)C(C)(C)C.CC1CCC(C(F)(F)F)(C(F)(F)F)CC1.CC1CCC(C(F)(F)F)CC1.CC1CCC2(CC1)CCC(C(F)(F)F)(C(F)(F)F)CC2.CC1CCCC(C(F)(F)F)[C@@H]1C.C[C@@H]1CCCC(C(F)(F)F)C1.C[C@@H]1CCCCC1(C(F)(F)F)C(F)(F)F.C[C@H](C(C)(C)C)C(C)(C)C(F)(F)F.C[C@H]1CC2CCC1(C)CC2. The second-order valence-corrected chi connectivity index (χ2v) is 51.6. The summed E-state index contributed by atoms with van der Waals surface area (Å²) in [5, 5.41) is 0. The van der Waals surface area contributed by atoms with Crippen molar-refractivity contribution in [1.82, 2.24) is 0 Å². The second kappa shape index (κ2) is 52.3. The summed E-state index contributed by atoms with van der Waals surface area (Å²) in [7, 11) is 0. The maximum absolute atomic E-state index is 13.0. The van der Waals surface area contributed by atoms with Crippen LogP contribution >= 0.6 is 0 Å². The number of alkyl halides is 33. The summed E-state index contributed by atoms with van der Waals surface area (Å²) in [6, 6.07) is 0. The zero-order valence-electron chi connectivity index (χ0n) is 91.3. The highest BCUT2D eigenvalue weighted by Crippen LogP contribution is 2.67. The number of fused-ring (bicyclic) bond motifs is 3. The molecular weight excluding hydrogens is 1920 g/mol. The van der Waals surface area contributed by atoms with Gasteiger partial charge in [-0.3, -0.25) is 0 Å². The van der Waals surface area contributed by atoms with Crippen LogP contribution in [-0.4, -0.2) is 67.9 Å². The Labute approximate surface area is 829 Å². The van der Waals surface area contributed by atoms with Crippen LogP contribution in [0, 0.1) is 165 Å². The first-order valence-electron chi connectivity index (χ1n) is 51.3. The molecule has 0 N–H and O–H groups in total. The van der Waals surface area contributed by atoms with Crippen molar-refractivity contribution >= 4 is 0 Å². The Hall–Kier alpha value is -2.31. The first-order valence-corrected chi connectivity index (χ1v) is 51.3. The van der Waals surface area contributed by atoms with Crippen molar-refractivity contribution in [2.24, 2.45) is 165 Å². The van der Waals surface area contributed by atoms with E-state index >= 15 is 0 Å². The van der Waals surface area contributed by atoms with Gasteiger partial charge in [-0.1, -0.05) is 314 Å². The van der Waals surface area contributed by atoms with Gasteiger partial charge >= 0.3 is 67.9 Å². The molecule has 9 atom stereocenters. The van der Waals surface area contributed by atoms with E-state index in [2.05, 4.69) is 111 Å². The van der Waals surface area contributed by atoms with Gasteiger partial charge in [-0.25, -0.2) is 0 Å². The summed E-state index contributed by atoms with van der Waals surface area (Å²) in [4.78, 5) is 0. The Morgan fingerprint density at radius 2 is 0.645 bits per heavy atom. The molecule has 10 aliphatic rings. The molecule has 0 aliphatic heterocycles. The van der Waals surface area contributed by atoms with E-state index in [-0.39, 0.29) is 85.9 Å². The molecule has 0 aromatic heterocycles. The molecule has 33 heteroatoms. The first kappa shape index (κ1) is 143. The van der Waals surface area contributed by atoms with Gasteiger partial charge in [0, 0.05) is 0 Å². The summed E-state index contributed by atoms with van der Waals surface area (Å²) >= 11 is 0. The molecule has 0 radical (unpaired) electrons. The van der Waals surface area contributed by atoms with Crippen LogP contribution in [0.3, 0.4) is 0 Å². The number of rotatable bonds is 4. The van der Waals surface area contributed by atoms with Gasteiger partial charge in [0.25, 0.3) is 0 Å². The molecule has 10 rings (SSSR count). The van der Waals surface area contributed by atoms with Crippen LogP contribution < -0.4 is 0 Å². The third-order valence-electron chi connectivity index (χ3n) is 37.2. The number of hydrogen-bond donors (Lipinski definition) is 0. The van der Waals surface area contributed by atoms with Gasteiger partial charge < -0.3 is 0 Å². The molecule has 1 spiro atoms. The van der Waals surface area contributed by atoms with Gasteiger partial charge in [0.05, 0.1) is 28.6 Å². The zero-order chi connectivity index (χ0) is 112. The fourth-order valence-corrected chi connectivity index (χ4v) is 20.8. The van der Waals surface area contributed by atoms with E-state index in [1.807, 2.05) is 62.3 Å². The maximum Gasteiger partial charge on any atom is 0.403 e. The molecule has 0 nitrogen and oxygen atoms in total. The lowest BCUT2D eigenvalue weighted by Crippen LogP contribution is -2.55. The Balaban J connectivity index is -0.00000149. The molecule has 0 heterocycles. The third-order valence-corrected chi connectivity index (χ3v) is 37.2. The van der Waals surface area contributed by atoms with Gasteiger partial charge in [-0.15, -0.1) is 0 Å². The van der Waals surface area contributed by atoms with Crippen molar-refractivity contribution in [3.05, 3.63) is 0 Å². The molecule has 141 heavy (non-hydrogen) atoms. The average Bonchev–Trinajstić information content (AvgIpc) is 0.746. The van der Waals surface area contributed by atoms with Crippen molar-refractivity contribution in [1.29, 1.82) is 0 Å². The second-order valence-electron chi connectivity index (χ2n) is 51.6. The topological polar surface area (TPSA) is 0 Å². The lowest BCUT2D eigenvalue weighted by Gasteiger charge is -2.51. The van der Waals surface area contributed by atoms with Crippen LogP contribution in [0.25, 0.3) is 0 Å². The lowest BCUT2D eigenvalue weighted by atomic mass is 9.55. The van der Waals surface area contributed by atoms with Crippen molar-refractivity contribution < 1.29 is 145 Å². The predicted molar refractivity (Wildman–Crippen MR) is 507 cm³/mol.